The molecule has 0 bridgehead atoms. The Morgan fingerprint density at radius 2 is 2.26 bits per heavy atom. The first-order valence-corrected chi connectivity index (χ1v) is 8.28. The summed E-state index contributed by atoms with van der Waals surface area (Å²) in [5.41, 5.74) is 2.27. The number of piperidine rings is 1. The van der Waals surface area contributed by atoms with Gasteiger partial charge in [-0.2, -0.15) is 0 Å². The van der Waals surface area contributed by atoms with E-state index in [9.17, 15) is 4.79 Å². The SMILES string of the molecule is C[C@H]1C[C@@H](C(=O)NCCc2c[nH]c3ccc(Cl)cc23)CCN1.Cl. The minimum Gasteiger partial charge on any atom is -0.361 e. The van der Waals surface area contributed by atoms with Crippen molar-refractivity contribution in [1.29, 1.82) is 0 Å². The van der Waals surface area contributed by atoms with Gasteiger partial charge in [-0.15, -0.1) is 12.4 Å². The Hall–Kier alpha value is -1.23. The van der Waals surface area contributed by atoms with Gasteiger partial charge in [0.1, 0.15) is 0 Å². The second-order valence-corrected chi connectivity index (χ2v) is 6.56. The Bertz CT molecular complexity index is 671. The second-order valence-electron chi connectivity index (χ2n) is 6.12. The molecule has 0 radical (unpaired) electrons. The lowest BCUT2D eigenvalue weighted by Gasteiger charge is -2.27. The van der Waals surface area contributed by atoms with Gasteiger partial charge in [0, 0.05) is 40.6 Å². The highest BCUT2D eigenvalue weighted by Gasteiger charge is 2.24. The molecule has 3 N–H and O–H groups in total. The molecule has 2 aromatic rings. The molecular weight excluding hydrogens is 333 g/mol. The number of aromatic nitrogens is 1. The van der Waals surface area contributed by atoms with Crippen LogP contribution in [0.5, 0.6) is 0 Å². The topological polar surface area (TPSA) is 56.9 Å². The third-order valence-electron chi connectivity index (χ3n) is 4.42. The predicted octanol–water partition coefficient (Wildman–Crippen LogP) is 3.29. The first-order valence-electron chi connectivity index (χ1n) is 7.90. The Labute approximate surface area is 147 Å². The standard InChI is InChI=1S/C17H22ClN3O.ClH/c1-11-8-12(4-6-19-11)17(22)20-7-5-13-10-21-16-3-2-14(18)9-15(13)16;/h2-3,9-12,19,21H,4-8H2,1H3,(H,20,22);1H/t11-,12-;/m0./s1. The molecule has 23 heavy (non-hydrogen) atoms. The molecule has 0 spiro atoms. The molecule has 6 heteroatoms. The summed E-state index contributed by atoms with van der Waals surface area (Å²) in [7, 11) is 0. The molecular formula is C17H23Cl2N3O. The van der Waals surface area contributed by atoms with Crippen molar-refractivity contribution in [2.24, 2.45) is 5.92 Å². The number of fused-ring (bicyclic) bond motifs is 1. The van der Waals surface area contributed by atoms with E-state index >= 15 is 0 Å². The van der Waals surface area contributed by atoms with Crippen LogP contribution in [0.2, 0.25) is 5.02 Å². The largest absolute Gasteiger partial charge is 0.361 e. The van der Waals surface area contributed by atoms with Gasteiger partial charge in [0.05, 0.1) is 0 Å². The van der Waals surface area contributed by atoms with Crippen molar-refractivity contribution in [3.05, 3.63) is 35.0 Å². The smallest absolute Gasteiger partial charge is 0.223 e. The summed E-state index contributed by atoms with van der Waals surface area (Å²) < 4.78 is 0. The molecule has 1 aromatic carbocycles. The molecule has 0 unspecified atom stereocenters. The number of amides is 1. The average Bonchev–Trinajstić information content (AvgIpc) is 2.89. The van der Waals surface area contributed by atoms with Crippen molar-refractivity contribution >= 4 is 40.8 Å². The van der Waals surface area contributed by atoms with Gasteiger partial charge in [0.25, 0.3) is 0 Å². The van der Waals surface area contributed by atoms with Crippen molar-refractivity contribution < 1.29 is 4.79 Å². The van der Waals surface area contributed by atoms with Crippen LogP contribution in [-0.2, 0) is 11.2 Å². The Morgan fingerprint density at radius 3 is 3.04 bits per heavy atom. The highest BCUT2D eigenvalue weighted by atomic mass is 35.5. The van der Waals surface area contributed by atoms with Gasteiger partial charge in [-0.1, -0.05) is 11.6 Å². The number of aromatic amines is 1. The molecule has 2 heterocycles. The third kappa shape index (κ3) is 4.40. The van der Waals surface area contributed by atoms with Crippen molar-refractivity contribution in [1.82, 2.24) is 15.6 Å². The zero-order valence-electron chi connectivity index (χ0n) is 13.2. The summed E-state index contributed by atoms with van der Waals surface area (Å²) in [4.78, 5) is 15.5. The number of hydrogen-bond acceptors (Lipinski definition) is 2. The van der Waals surface area contributed by atoms with Crippen LogP contribution in [-0.4, -0.2) is 30.0 Å². The zero-order chi connectivity index (χ0) is 15.5. The van der Waals surface area contributed by atoms with Crippen molar-refractivity contribution in [3.63, 3.8) is 0 Å². The molecule has 1 aromatic heterocycles. The van der Waals surface area contributed by atoms with Crippen LogP contribution in [0.4, 0.5) is 0 Å². The van der Waals surface area contributed by atoms with Crippen LogP contribution in [0.15, 0.2) is 24.4 Å². The Balaban J connectivity index is 0.00000192. The van der Waals surface area contributed by atoms with E-state index in [1.807, 2.05) is 24.4 Å². The van der Waals surface area contributed by atoms with E-state index in [0.29, 0.717) is 12.6 Å². The van der Waals surface area contributed by atoms with Gasteiger partial charge in [-0.25, -0.2) is 0 Å². The van der Waals surface area contributed by atoms with E-state index in [4.69, 9.17) is 11.6 Å². The van der Waals surface area contributed by atoms with Gasteiger partial charge in [0.2, 0.25) is 5.91 Å². The fourth-order valence-corrected chi connectivity index (χ4v) is 3.36. The lowest BCUT2D eigenvalue weighted by atomic mass is 9.92. The normalized spacial score (nSPS) is 21.0. The number of halogens is 2. The lowest BCUT2D eigenvalue weighted by Crippen LogP contribution is -2.42. The van der Waals surface area contributed by atoms with Crippen molar-refractivity contribution in [2.75, 3.05) is 13.1 Å². The first-order chi connectivity index (χ1) is 10.6. The minimum absolute atomic E-state index is 0. The number of H-pyrrole nitrogens is 1. The monoisotopic (exact) mass is 355 g/mol. The third-order valence-corrected chi connectivity index (χ3v) is 4.65. The second kappa shape index (κ2) is 8.04. The van der Waals surface area contributed by atoms with Gasteiger partial charge >= 0.3 is 0 Å². The van der Waals surface area contributed by atoms with E-state index in [-0.39, 0.29) is 24.2 Å². The highest BCUT2D eigenvalue weighted by Crippen LogP contribution is 2.22. The number of rotatable bonds is 4. The number of nitrogens with one attached hydrogen (secondary N) is 3. The van der Waals surface area contributed by atoms with Gasteiger partial charge < -0.3 is 15.6 Å². The quantitative estimate of drug-likeness (QED) is 0.787. The molecule has 3 rings (SSSR count). The van der Waals surface area contributed by atoms with Crippen LogP contribution in [0.25, 0.3) is 10.9 Å². The van der Waals surface area contributed by atoms with Crippen LogP contribution in [0, 0.1) is 5.92 Å². The summed E-state index contributed by atoms with van der Waals surface area (Å²) in [6.45, 7) is 3.73. The van der Waals surface area contributed by atoms with Gasteiger partial charge in [-0.3, -0.25) is 4.79 Å². The Morgan fingerprint density at radius 1 is 1.43 bits per heavy atom. The van der Waals surface area contributed by atoms with Crippen LogP contribution >= 0.6 is 24.0 Å². The molecule has 1 fully saturated rings. The Kier molecular flexibility index (Phi) is 6.33. The molecule has 1 saturated heterocycles. The maximum Gasteiger partial charge on any atom is 0.223 e. The number of benzene rings is 1. The van der Waals surface area contributed by atoms with E-state index < -0.39 is 0 Å². The molecule has 0 saturated carbocycles. The number of carbonyl (C=O) groups is 1. The molecule has 2 atom stereocenters. The molecule has 1 amide bonds. The van der Waals surface area contributed by atoms with Crippen LogP contribution in [0.3, 0.4) is 0 Å². The molecule has 126 valence electrons. The number of hydrogen-bond donors (Lipinski definition) is 3. The average molecular weight is 356 g/mol. The van der Waals surface area contributed by atoms with E-state index in [0.717, 1.165) is 41.7 Å². The minimum atomic E-state index is 0. The summed E-state index contributed by atoms with van der Waals surface area (Å²) in [5.74, 6) is 0.333. The summed E-state index contributed by atoms with van der Waals surface area (Å²) in [5, 5.41) is 8.32. The van der Waals surface area contributed by atoms with Gasteiger partial charge in [0.15, 0.2) is 0 Å². The maximum atomic E-state index is 12.2. The fraction of sp³-hybridized carbons (Fsp3) is 0.471. The van der Waals surface area contributed by atoms with Gasteiger partial charge in [-0.05, 0) is 56.5 Å². The van der Waals surface area contributed by atoms with Crippen molar-refractivity contribution in [2.45, 2.75) is 32.2 Å². The predicted molar refractivity (Wildman–Crippen MR) is 97.5 cm³/mol. The first kappa shape index (κ1) is 18.1. The summed E-state index contributed by atoms with van der Waals surface area (Å²) in [6.07, 6.45) is 4.67. The molecule has 0 aliphatic carbocycles. The zero-order valence-corrected chi connectivity index (χ0v) is 14.8. The highest BCUT2D eigenvalue weighted by molar-refractivity contribution is 6.31. The van der Waals surface area contributed by atoms with E-state index in [1.54, 1.807) is 0 Å². The molecule has 1 aliphatic rings. The summed E-state index contributed by atoms with van der Waals surface area (Å²) in [6, 6.07) is 6.26. The van der Waals surface area contributed by atoms with Crippen LogP contribution < -0.4 is 10.6 Å². The number of carbonyl (C=O) groups excluding carboxylic acids is 1. The van der Waals surface area contributed by atoms with E-state index in [1.165, 1.54) is 5.56 Å². The van der Waals surface area contributed by atoms with Crippen molar-refractivity contribution in [3.8, 4) is 0 Å². The fourth-order valence-electron chi connectivity index (χ4n) is 3.19. The molecule has 4 nitrogen and oxygen atoms in total. The van der Waals surface area contributed by atoms with Crippen LogP contribution in [0.1, 0.15) is 25.3 Å². The van der Waals surface area contributed by atoms with E-state index in [2.05, 4.69) is 22.5 Å². The lowest BCUT2D eigenvalue weighted by molar-refractivity contribution is -0.126. The summed E-state index contributed by atoms with van der Waals surface area (Å²) >= 11 is 6.06. The maximum absolute atomic E-state index is 12.2. The molecule has 1 aliphatic heterocycles.